The highest BCUT2D eigenvalue weighted by Crippen LogP contribution is 2.30. The summed E-state index contributed by atoms with van der Waals surface area (Å²) < 4.78 is 59.0. The fourth-order valence-corrected chi connectivity index (χ4v) is 5.04. The molecule has 0 radical (unpaired) electrons. The van der Waals surface area contributed by atoms with E-state index >= 15 is 0 Å². The second-order valence-corrected chi connectivity index (χ2v) is 10.7. The molecule has 0 bridgehead atoms. The number of halogens is 2. The van der Waals surface area contributed by atoms with Gasteiger partial charge in [0, 0.05) is 37.6 Å². The molecule has 2 N–H and O–H groups in total. The zero-order valence-corrected chi connectivity index (χ0v) is 21.4. The maximum atomic E-state index is 14.8. The molecular formula is C25H22ClFN4O6S. The molecular weight excluding hydrogens is 539 g/mol. The van der Waals surface area contributed by atoms with Crippen molar-refractivity contribution in [2.75, 3.05) is 19.8 Å². The van der Waals surface area contributed by atoms with Crippen molar-refractivity contribution in [1.29, 1.82) is 0 Å². The number of alkyl halides is 1. The standard InChI is InChI=1S/C25H22ClFN4O6S/c26-20-12-18(14-30-24(20)36-15-25(27)6-9-35-10-7-25)38(33,34)31-23(32)19-3-1-2-4-21(19)37-17-11-16-5-8-28-22(16)29-13-17/h1-5,8,11-14H,6-7,9-10,15H2,(H,28,29)(H,31,32). The Morgan fingerprint density at radius 1 is 1.16 bits per heavy atom. The molecule has 0 unspecified atom stereocenters. The average molecular weight is 561 g/mol. The Morgan fingerprint density at radius 3 is 2.74 bits per heavy atom. The third-order valence-corrected chi connectivity index (χ3v) is 7.48. The van der Waals surface area contributed by atoms with E-state index in [1.807, 2.05) is 10.8 Å². The van der Waals surface area contributed by atoms with E-state index in [0.717, 1.165) is 17.6 Å². The Bertz CT molecular complexity index is 1590. The van der Waals surface area contributed by atoms with E-state index in [0.29, 0.717) is 11.4 Å². The molecule has 0 aliphatic carbocycles. The van der Waals surface area contributed by atoms with Crippen molar-refractivity contribution in [2.24, 2.45) is 0 Å². The molecule has 1 amide bonds. The summed E-state index contributed by atoms with van der Waals surface area (Å²) in [6.07, 6.45) is 4.54. The molecule has 1 saturated heterocycles. The fraction of sp³-hybridized carbons (Fsp3) is 0.240. The highest BCUT2D eigenvalue weighted by Gasteiger charge is 2.34. The van der Waals surface area contributed by atoms with Crippen LogP contribution in [0.2, 0.25) is 5.02 Å². The van der Waals surface area contributed by atoms with Crippen LogP contribution in [0, 0.1) is 0 Å². The zero-order valence-electron chi connectivity index (χ0n) is 19.8. The van der Waals surface area contributed by atoms with Crippen LogP contribution in [-0.4, -0.2) is 54.8 Å². The lowest BCUT2D eigenvalue weighted by molar-refractivity contribution is -0.0331. The molecule has 4 aromatic rings. The average Bonchev–Trinajstić information content (AvgIpc) is 3.36. The van der Waals surface area contributed by atoms with Gasteiger partial charge in [0.1, 0.15) is 39.3 Å². The van der Waals surface area contributed by atoms with Gasteiger partial charge in [-0.25, -0.2) is 27.5 Å². The van der Waals surface area contributed by atoms with E-state index in [-0.39, 0.29) is 59.8 Å². The molecule has 0 spiro atoms. The Hall–Kier alpha value is -3.74. The molecule has 1 fully saturated rings. The number of nitrogens with one attached hydrogen (secondary N) is 2. The van der Waals surface area contributed by atoms with Crippen LogP contribution in [-0.2, 0) is 14.8 Å². The van der Waals surface area contributed by atoms with Gasteiger partial charge in [0.25, 0.3) is 15.9 Å². The normalized spacial score (nSPS) is 15.2. The fourth-order valence-electron chi connectivity index (χ4n) is 3.82. The maximum absolute atomic E-state index is 14.8. The Kier molecular flexibility index (Phi) is 7.19. The minimum Gasteiger partial charge on any atom is -0.473 e. The Labute approximate surface area is 222 Å². The second kappa shape index (κ2) is 10.6. The van der Waals surface area contributed by atoms with Gasteiger partial charge in [-0.1, -0.05) is 23.7 Å². The number of aromatic amines is 1. The number of para-hydroxylation sites is 1. The van der Waals surface area contributed by atoms with Crippen LogP contribution in [0.4, 0.5) is 4.39 Å². The number of benzene rings is 1. The molecule has 1 aliphatic rings. The van der Waals surface area contributed by atoms with E-state index in [9.17, 15) is 17.6 Å². The van der Waals surface area contributed by atoms with Crippen molar-refractivity contribution < 1.29 is 31.8 Å². The molecule has 13 heteroatoms. The van der Waals surface area contributed by atoms with Gasteiger partial charge >= 0.3 is 0 Å². The van der Waals surface area contributed by atoms with E-state index in [1.54, 1.807) is 24.4 Å². The van der Waals surface area contributed by atoms with Gasteiger partial charge in [0.05, 0.1) is 18.0 Å². The Balaban J connectivity index is 1.29. The summed E-state index contributed by atoms with van der Waals surface area (Å²) in [4.78, 5) is 23.7. The number of H-pyrrole nitrogens is 1. The highest BCUT2D eigenvalue weighted by atomic mass is 35.5. The van der Waals surface area contributed by atoms with Crippen LogP contribution in [0.1, 0.15) is 23.2 Å². The summed E-state index contributed by atoms with van der Waals surface area (Å²) >= 11 is 6.16. The number of nitrogens with zero attached hydrogens (tertiary/aromatic N) is 2. The van der Waals surface area contributed by atoms with Gasteiger partial charge in [-0.05, 0) is 30.3 Å². The predicted octanol–water partition coefficient (Wildman–Crippen LogP) is 4.42. The minimum atomic E-state index is -4.37. The number of fused-ring (bicyclic) bond motifs is 1. The first-order valence-electron chi connectivity index (χ1n) is 11.5. The third kappa shape index (κ3) is 5.72. The third-order valence-electron chi connectivity index (χ3n) is 5.91. The molecule has 1 aliphatic heterocycles. The second-order valence-electron chi connectivity index (χ2n) is 8.63. The Morgan fingerprint density at radius 2 is 1.95 bits per heavy atom. The van der Waals surface area contributed by atoms with E-state index in [4.69, 9.17) is 25.8 Å². The summed E-state index contributed by atoms with van der Waals surface area (Å²) in [5.41, 5.74) is -0.930. The molecule has 5 rings (SSSR count). The number of carbonyl (C=O) groups excluding carboxylic acids is 1. The lowest BCUT2D eigenvalue weighted by Gasteiger charge is -2.29. The summed E-state index contributed by atoms with van der Waals surface area (Å²) in [6, 6.07) is 10.8. The first-order chi connectivity index (χ1) is 18.2. The largest absolute Gasteiger partial charge is 0.473 e. The summed E-state index contributed by atoms with van der Waals surface area (Å²) in [6.45, 7) is 0.269. The SMILES string of the molecule is O=C(NS(=O)(=O)c1cnc(OCC2(F)CCOCC2)c(Cl)c1)c1ccccc1Oc1cnc2[nH]ccc2c1. The summed E-state index contributed by atoms with van der Waals surface area (Å²) in [5.74, 6) is -0.550. The molecule has 198 valence electrons. The first-order valence-corrected chi connectivity index (χ1v) is 13.4. The van der Waals surface area contributed by atoms with Gasteiger partial charge in [-0.3, -0.25) is 4.79 Å². The van der Waals surface area contributed by atoms with E-state index in [1.165, 1.54) is 18.3 Å². The van der Waals surface area contributed by atoms with Gasteiger partial charge in [0.2, 0.25) is 5.88 Å². The molecule has 3 aromatic heterocycles. The van der Waals surface area contributed by atoms with Crippen LogP contribution in [0.15, 0.2) is 66.0 Å². The number of pyridine rings is 2. The lowest BCUT2D eigenvalue weighted by atomic mass is 9.98. The van der Waals surface area contributed by atoms with Crippen molar-refractivity contribution in [2.45, 2.75) is 23.4 Å². The maximum Gasteiger partial charge on any atom is 0.268 e. The van der Waals surface area contributed by atoms with Crippen molar-refractivity contribution in [3.63, 3.8) is 0 Å². The molecule has 38 heavy (non-hydrogen) atoms. The minimum absolute atomic E-state index is 0.0195. The van der Waals surface area contributed by atoms with Crippen molar-refractivity contribution in [3.05, 3.63) is 71.6 Å². The van der Waals surface area contributed by atoms with Crippen LogP contribution in [0.3, 0.4) is 0 Å². The van der Waals surface area contributed by atoms with Gasteiger partial charge in [0.15, 0.2) is 0 Å². The number of amides is 1. The molecule has 0 saturated carbocycles. The van der Waals surface area contributed by atoms with Crippen LogP contribution >= 0.6 is 11.6 Å². The zero-order chi connectivity index (χ0) is 26.8. The highest BCUT2D eigenvalue weighted by molar-refractivity contribution is 7.90. The summed E-state index contributed by atoms with van der Waals surface area (Å²) in [7, 11) is -4.37. The van der Waals surface area contributed by atoms with Crippen molar-refractivity contribution >= 4 is 38.6 Å². The number of aromatic nitrogens is 3. The van der Waals surface area contributed by atoms with Crippen molar-refractivity contribution in [3.8, 4) is 17.4 Å². The lowest BCUT2D eigenvalue weighted by Crippen LogP contribution is -2.37. The quantitative estimate of drug-likeness (QED) is 0.324. The topological polar surface area (TPSA) is 132 Å². The number of ether oxygens (including phenoxy) is 3. The number of hydrogen-bond acceptors (Lipinski definition) is 8. The van der Waals surface area contributed by atoms with E-state index in [2.05, 4.69) is 15.0 Å². The number of rotatable bonds is 8. The number of carbonyl (C=O) groups is 1. The predicted molar refractivity (Wildman–Crippen MR) is 136 cm³/mol. The van der Waals surface area contributed by atoms with Crippen LogP contribution in [0.25, 0.3) is 11.0 Å². The smallest absolute Gasteiger partial charge is 0.268 e. The molecule has 4 heterocycles. The summed E-state index contributed by atoms with van der Waals surface area (Å²) in [5, 5.41) is 0.658. The van der Waals surface area contributed by atoms with Gasteiger partial charge < -0.3 is 19.2 Å². The van der Waals surface area contributed by atoms with Gasteiger partial charge in [-0.15, -0.1) is 0 Å². The van der Waals surface area contributed by atoms with Crippen LogP contribution in [0.5, 0.6) is 17.4 Å². The number of sulfonamides is 1. The monoisotopic (exact) mass is 560 g/mol. The van der Waals surface area contributed by atoms with Crippen LogP contribution < -0.4 is 14.2 Å². The molecule has 1 aromatic carbocycles. The van der Waals surface area contributed by atoms with Crippen molar-refractivity contribution in [1.82, 2.24) is 19.7 Å². The number of hydrogen-bond donors (Lipinski definition) is 2. The van der Waals surface area contributed by atoms with E-state index < -0.39 is 21.6 Å². The first kappa shape index (κ1) is 25.9. The molecule has 10 nitrogen and oxygen atoms in total. The van der Waals surface area contributed by atoms with Gasteiger partial charge in [-0.2, -0.15) is 0 Å². The molecule has 0 atom stereocenters.